The van der Waals surface area contributed by atoms with Crippen molar-refractivity contribution < 1.29 is 27.4 Å². The van der Waals surface area contributed by atoms with Crippen LogP contribution in [0, 0.1) is 12.8 Å². The van der Waals surface area contributed by atoms with Gasteiger partial charge in [0.25, 0.3) is 0 Å². The fraction of sp³-hybridized carbons (Fsp3) is 0.567. The number of carbonyl (C=O) groups is 1. The first-order valence-corrected chi connectivity index (χ1v) is 15.7. The van der Waals surface area contributed by atoms with Crippen LogP contribution in [0.15, 0.2) is 47.4 Å². The molecule has 2 atom stereocenters. The van der Waals surface area contributed by atoms with Crippen LogP contribution in [-0.2, 0) is 19.6 Å². The highest BCUT2D eigenvalue weighted by Crippen LogP contribution is 2.36. The molecule has 3 aliphatic heterocycles. The normalized spacial score (nSPS) is 24.1. The molecule has 9 nitrogen and oxygen atoms in total. The second kappa shape index (κ2) is 12.1. The van der Waals surface area contributed by atoms with Gasteiger partial charge >= 0.3 is 0 Å². The predicted molar refractivity (Wildman–Crippen MR) is 153 cm³/mol. The quantitative estimate of drug-likeness (QED) is 0.535. The molecule has 1 N–H and O–H groups in total. The molecule has 2 fully saturated rings. The lowest BCUT2D eigenvalue weighted by atomic mass is 9.89. The molecule has 0 radical (unpaired) electrons. The second-order valence-corrected chi connectivity index (χ2v) is 13.6. The van der Waals surface area contributed by atoms with E-state index in [9.17, 15) is 13.2 Å². The number of nitrogens with one attached hydrogen (secondary N) is 1. The maximum Gasteiger partial charge on any atom is 0.243 e. The van der Waals surface area contributed by atoms with Crippen molar-refractivity contribution in [2.24, 2.45) is 5.92 Å². The van der Waals surface area contributed by atoms with Gasteiger partial charge in [-0.25, -0.2) is 8.42 Å². The molecule has 1 amide bonds. The van der Waals surface area contributed by atoms with Gasteiger partial charge in [-0.05, 0) is 62.9 Å². The topological polar surface area (TPSA) is 97.4 Å². The van der Waals surface area contributed by atoms with E-state index in [-0.39, 0.29) is 25.0 Å². The number of amides is 1. The Morgan fingerprint density at radius 2 is 1.80 bits per heavy atom. The first kappa shape index (κ1) is 28.9. The number of hydrogen-bond donors (Lipinski definition) is 1. The number of benzene rings is 2. The summed E-state index contributed by atoms with van der Waals surface area (Å²) in [6, 6.07) is 12.3. The summed E-state index contributed by atoms with van der Waals surface area (Å²) in [6.07, 6.45) is 3.12. The van der Waals surface area contributed by atoms with Crippen LogP contribution in [0.4, 0.5) is 5.69 Å². The van der Waals surface area contributed by atoms with Crippen LogP contribution in [-0.4, -0.2) is 81.2 Å². The van der Waals surface area contributed by atoms with Gasteiger partial charge in [-0.15, -0.1) is 0 Å². The molecule has 1 spiro atoms. The highest BCUT2D eigenvalue weighted by molar-refractivity contribution is 7.89. The smallest absolute Gasteiger partial charge is 0.243 e. The molecule has 0 saturated carbocycles. The van der Waals surface area contributed by atoms with Crippen LogP contribution >= 0.6 is 0 Å². The highest BCUT2D eigenvalue weighted by Gasteiger charge is 2.47. The summed E-state index contributed by atoms with van der Waals surface area (Å²) in [5, 5.41) is 2.98. The minimum atomic E-state index is -3.71. The van der Waals surface area contributed by atoms with Crippen LogP contribution < -0.4 is 14.8 Å². The molecule has 0 aromatic heterocycles. The van der Waals surface area contributed by atoms with E-state index >= 15 is 0 Å². The summed E-state index contributed by atoms with van der Waals surface area (Å²) in [5.74, 6) is 1.51. The Labute approximate surface area is 237 Å². The van der Waals surface area contributed by atoms with Gasteiger partial charge in [0.15, 0.2) is 11.5 Å². The van der Waals surface area contributed by atoms with Crippen molar-refractivity contribution in [1.29, 1.82) is 0 Å². The number of carbonyl (C=O) groups excluding carboxylic acids is 1. The molecular weight excluding hydrogens is 530 g/mol. The molecule has 2 saturated heterocycles. The lowest BCUT2D eigenvalue weighted by molar-refractivity contribution is -0.146. The Bertz CT molecular complexity index is 1300. The summed E-state index contributed by atoms with van der Waals surface area (Å²) < 4.78 is 47.3. The van der Waals surface area contributed by atoms with Gasteiger partial charge in [0.2, 0.25) is 15.9 Å². The highest BCUT2D eigenvalue weighted by atomic mass is 32.2. The van der Waals surface area contributed by atoms with E-state index in [1.807, 2.05) is 31.2 Å². The van der Waals surface area contributed by atoms with Gasteiger partial charge in [-0.1, -0.05) is 31.5 Å². The average molecular weight is 572 g/mol. The van der Waals surface area contributed by atoms with Crippen molar-refractivity contribution in [3.8, 4) is 11.5 Å². The Kier molecular flexibility index (Phi) is 8.70. The second-order valence-electron chi connectivity index (χ2n) is 11.7. The van der Waals surface area contributed by atoms with Gasteiger partial charge in [-0.3, -0.25) is 9.69 Å². The van der Waals surface area contributed by atoms with E-state index in [4.69, 9.17) is 14.2 Å². The van der Waals surface area contributed by atoms with Crippen LogP contribution in [0.3, 0.4) is 0 Å². The summed E-state index contributed by atoms with van der Waals surface area (Å²) >= 11 is 0. The van der Waals surface area contributed by atoms with Crippen molar-refractivity contribution in [2.45, 2.75) is 63.0 Å². The molecule has 10 heteroatoms. The third-order valence-corrected chi connectivity index (χ3v) is 9.73. The third kappa shape index (κ3) is 6.62. The lowest BCUT2D eigenvalue weighted by Crippen LogP contribution is -2.64. The van der Waals surface area contributed by atoms with Crippen molar-refractivity contribution >= 4 is 21.6 Å². The van der Waals surface area contributed by atoms with Crippen molar-refractivity contribution in [1.82, 2.24) is 9.21 Å². The number of fused-ring (bicyclic) bond motifs is 1. The molecule has 218 valence electrons. The van der Waals surface area contributed by atoms with E-state index in [2.05, 4.69) is 24.1 Å². The number of morpholine rings is 1. The Morgan fingerprint density at radius 1 is 1.05 bits per heavy atom. The predicted octanol–water partition coefficient (Wildman–Crippen LogP) is 4.07. The molecule has 3 heterocycles. The number of sulfonamides is 1. The number of ether oxygens (including phenoxy) is 3. The molecular formula is C30H41N3O6S. The first-order chi connectivity index (χ1) is 19.1. The monoisotopic (exact) mass is 571 g/mol. The number of hydrogen-bond acceptors (Lipinski definition) is 7. The van der Waals surface area contributed by atoms with E-state index in [1.165, 1.54) is 0 Å². The summed E-state index contributed by atoms with van der Waals surface area (Å²) in [4.78, 5) is 15.4. The van der Waals surface area contributed by atoms with Crippen LogP contribution in [0.25, 0.3) is 0 Å². The Hall–Kier alpha value is -2.66. The Morgan fingerprint density at radius 3 is 2.55 bits per heavy atom. The number of anilines is 1. The van der Waals surface area contributed by atoms with Crippen LogP contribution in [0.5, 0.6) is 11.5 Å². The molecule has 0 aliphatic carbocycles. The standard InChI is InChI=1S/C30H41N3O6S/c1-22(2)16-25-19-39-30(21-33(25)40(35,36)26-9-6-23(3)7-10-26)12-4-13-32(20-30)18-29(34)31-24-8-11-27-28(17-24)38-15-5-14-37-27/h6-11,17,22,25H,4-5,12-16,18-21H2,1-3H3,(H,31,34)/t25-,30+/m0/s1. The van der Waals surface area contributed by atoms with Gasteiger partial charge in [0.05, 0.1) is 36.9 Å². The largest absolute Gasteiger partial charge is 0.490 e. The van der Waals surface area contributed by atoms with Crippen molar-refractivity contribution in [3.05, 3.63) is 48.0 Å². The number of nitrogens with zero attached hydrogens (tertiary/aromatic N) is 2. The number of likely N-dealkylation sites (tertiary alicyclic amines) is 1. The number of piperidine rings is 1. The summed E-state index contributed by atoms with van der Waals surface area (Å²) in [6.45, 7) is 9.41. The lowest BCUT2D eigenvalue weighted by Gasteiger charge is -2.50. The molecule has 0 bridgehead atoms. The molecule has 2 aromatic carbocycles. The molecule has 3 aliphatic rings. The first-order valence-electron chi connectivity index (χ1n) is 14.3. The van der Waals surface area contributed by atoms with Gasteiger partial charge in [0, 0.05) is 37.3 Å². The fourth-order valence-corrected chi connectivity index (χ4v) is 7.58. The zero-order valence-corrected chi connectivity index (χ0v) is 24.5. The molecule has 2 aromatic rings. The zero-order valence-electron chi connectivity index (χ0n) is 23.7. The van der Waals surface area contributed by atoms with Gasteiger partial charge in [0.1, 0.15) is 0 Å². The van der Waals surface area contributed by atoms with Gasteiger partial charge < -0.3 is 19.5 Å². The van der Waals surface area contributed by atoms with E-state index in [1.54, 1.807) is 22.5 Å². The maximum absolute atomic E-state index is 13.9. The molecule has 0 unspecified atom stereocenters. The SMILES string of the molecule is Cc1ccc(S(=O)(=O)N2C[C@]3(CCCN(CC(=O)Nc4ccc5c(c4)OCCCO5)C3)OC[C@@H]2CC(C)C)cc1. The fourth-order valence-electron chi connectivity index (χ4n) is 5.89. The van der Waals surface area contributed by atoms with E-state index < -0.39 is 15.6 Å². The number of aryl methyl sites for hydroxylation is 1. The molecule has 5 rings (SSSR count). The third-order valence-electron chi connectivity index (χ3n) is 7.82. The van der Waals surface area contributed by atoms with Crippen molar-refractivity contribution in [2.75, 3.05) is 51.3 Å². The minimum absolute atomic E-state index is 0.135. The summed E-state index contributed by atoms with van der Waals surface area (Å²) in [5.41, 5.74) is 1.02. The zero-order chi connectivity index (χ0) is 28.3. The van der Waals surface area contributed by atoms with E-state index in [0.717, 1.165) is 37.8 Å². The Balaban J connectivity index is 1.28. The van der Waals surface area contributed by atoms with Crippen molar-refractivity contribution in [3.63, 3.8) is 0 Å². The number of rotatable bonds is 7. The minimum Gasteiger partial charge on any atom is -0.490 e. The van der Waals surface area contributed by atoms with Crippen LogP contribution in [0.1, 0.15) is 45.1 Å². The van der Waals surface area contributed by atoms with Gasteiger partial charge in [-0.2, -0.15) is 4.31 Å². The summed E-state index contributed by atoms with van der Waals surface area (Å²) in [7, 11) is -3.71. The van der Waals surface area contributed by atoms with E-state index in [0.29, 0.717) is 54.4 Å². The maximum atomic E-state index is 13.9. The molecule has 40 heavy (non-hydrogen) atoms. The average Bonchev–Trinajstić information content (AvgIpc) is 3.15. The van der Waals surface area contributed by atoms with Crippen LogP contribution in [0.2, 0.25) is 0 Å².